The lowest BCUT2D eigenvalue weighted by Crippen LogP contribution is -2.19. The van der Waals surface area contributed by atoms with E-state index in [1.54, 1.807) is 6.07 Å². The summed E-state index contributed by atoms with van der Waals surface area (Å²) in [5, 5.41) is 11.6. The Morgan fingerprint density at radius 1 is 1.20 bits per heavy atom. The van der Waals surface area contributed by atoms with Crippen molar-refractivity contribution in [1.82, 2.24) is 4.98 Å². The smallest absolute Gasteiger partial charge is 0.337 e. The number of carboxylic acid groups (broad SMARTS) is 1. The Bertz CT molecular complexity index is 739. The van der Waals surface area contributed by atoms with E-state index in [9.17, 15) is 14.4 Å². The van der Waals surface area contributed by atoms with Gasteiger partial charge in [0.25, 0.3) is 5.91 Å². The number of hydrogen-bond donors (Lipinski definition) is 3. The van der Waals surface area contributed by atoms with Crippen molar-refractivity contribution in [2.24, 2.45) is 0 Å². The number of pyridine rings is 1. The number of carbonyl (C=O) groups excluding carboxylic acids is 1. The fraction of sp³-hybridized carbons (Fsp3) is 0. The molecule has 0 aliphatic rings. The number of aromatic carboxylic acids is 1. The third kappa shape index (κ3) is 3.23. The number of H-pyrrole nitrogens is 1. The monoisotopic (exact) mass is 384 g/mol. The average molecular weight is 384 g/mol. The van der Waals surface area contributed by atoms with E-state index in [1.807, 2.05) is 22.6 Å². The summed E-state index contributed by atoms with van der Waals surface area (Å²) in [4.78, 5) is 36.6. The minimum absolute atomic E-state index is 0.0106. The zero-order valence-corrected chi connectivity index (χ0v) is 12.2. The third-order valence-corrected chi connectivity index (χ3v) is 3.14. The van der Waals surface area contributed by atoms with Gasteiger partial charge < -0.3 is 15.4 Å². The van der Waals surface area contributed by atoms with Crippen molar-refractivity contribution in [1.29, 1.82) is 0 Å². The summed E-state index contributed by atoms with van der Waals surface area (Å²) in [7, 11) is 0. The van der Waals surface area contributed by atoms with E-state index in [-0.39, 0.29) is 16.9 Å². The molecule has 2 rings (SSSR count). The predicted molar refractivity (Wildman–Crippen MR) is 81.1 cm³/mol. The number of aromatic nitrogens is 1. The Balaban J connectivity index is 2.33. The number of hydrogen-bond acceptors (Lipinski definition) is 3. The maximum atomic E-state index is 11.9. The summed E-state index contributed by atoms with van der Waals surface area (Å²) in [5.41, 5.74) is -0.178. The first kappa shape index (κ1) is 14.3. The second-order valence-electron chi connectivity index (χ2n) is 3.88. The van der Waals surface area contributed by atoms with Crippen LogP contribution in [0.15, 0.2) is 41.2 Å². The highest BCUT2D eigenvalue weighted by Crippen LogP contribution is 2.19. The average Bonchev–Trinajstić information content (AvgIpc) is 2.40. The minimum Gasteiger partial charge on any atom is -0.478 e. The SMILES string of the molecule is O=C(Nc1ccc(I)cc1C(=O)O)c1cccc(=O)[nH]1. The number of benzene rings is 1. The summed E-state index contributed by atoms with van der Waals surface area (Å²) >= 11 is 1.98. The van der Waals surface area contributed by atoms with E-state index in [4.69, 9.17) is 5.11 Å². The van der Waals surface area contributed by atoms with Crippen LogP contribution in [0.1, 0.15) is 20.8 Å². The molecule has 0 saturated carbocycles. The quantitative estimate of drug-likeness (QED) is 0.705. The third-order valence-electron chi connectivity index (χ3n) is 2.47. The molecule has 0 unspecified atom stereocenters. The first-order valence-corrected chi connectivity index (χ1v) is 6.59. The summed E-state index contributed by atoms with van der Waals surface area (Å²) in [6.45, 7) is 0. The molecule has 102 valence electrons. The highest BCUT2D eigenvalue weighted by Gasteiger charge is 2.14. The van der Waals surface area contributed by atoms with Crippen LogP contribution in [0, 0.1) is 3.57 Å². The maximum absolute atomic E-state index is 11.9. The van der Waals surface area contributed by atoms with Crippen LogP contribution in [0.3, 0.4) is 0 Å². The molecule has 0 aliphatic heterocycles. The fourth-order valence-electron chi connectivity index (χ4n) is 1.57. The topological polar surface area (TPSA) is 99.3 Å². The summed E-state index contributed by atoms with van der Waals surface area (Å²) < 4.78 is 0.742. The Kier molecular flexibility index (Phi) is 4.18. The molecule has 2 aromatic rings. The molecule has 0 spiro atoms. The van der Waals surface area contributed by atoms with Crippen LogP contribution in [0.5, 0.6) is 0 Å². The number of anilines is 1. The molecular formula is C13H9IN2O4. The highest BCUT2D eigenvalue weighted by molar-refractivity contribution is 14.1. The van der Waals surface area contributed by atoms with Gasteiger partial charge in [0.15, 0.2) is 0 Å². The maximum Gasteiger partial charge on any atom is 0.337 e. The van der Waals surface area contributed by atoms with Crippen LogP contribution in [0.25, 0.3) is 0 Å². The van der Waals surface area contributed by atoms with E-state index in [1.165, 1.54) is 30.3 Å². The van der Waals surface area contributed by atoms with Crippen molar-refractivity contribution < 1.29 is 14.7 Å². The van der Waals surface area contributed by atoms with Crippen molar-refractivity contribution in [3.63, 3.8) is 0 Å². The second kappa shape index (κ2) is 5.87. The Morgan fingerprint density at radius 3 is 2.60 bits per heavy atom. The van der Waals surface area contributed by atoms with Crippen LogP contribution in [-0.4, -0.2) is 22.0 Å². The number of rotatable bonds is 3. The van der Waals surface area contributed by atoms with Crippen LogP contribution in [-0.2, 0) is 0 Å². The van der Waals surface area contributed by atoms with Crippen molar-refractivity contribution in [2.45, 2.75) is 0 Å². The lowest BCUT2D eigenvalue weighted by Gasteiger charge is -2.08. The highest BCUT2D eigenvalue weighted by atomic mass is 127. The van der Waals surface area contributed by atoms with E-state index in [0.717, 1.165) is 3.57 Å². The zero-order valence-electron chi connectivity index (χ0n) is 10.0. The van der Waals surface area contributed by atoms with E-state index in [2.05, 4.69) is 10.3 Å². The van der Waals surface area contributed by atoms with Gasteiger partial charge in [-0.2, -0.15) is 0 Å². The van der Waals surface area contributed by atoms with Gasteiger partial charge in [0.05, 0.1) is 11.3 Å². The Labute approximate surface area is 127 Å². The van der Waals surface area contributed by atoms with Crippen molar-refractivity contribution in [3.8, 4) is 0 Å². The van der Waals surface area contributed by atoms with Gasteiger partial charge in [-0.3, -0.25) is 9.59 Å². The van der Waals surface area contributed by atoms with Gasteiger partial charge in [0.2, 0.25) is 5.56 Å². The first-order valence-electron chi connectivity index (χ1n) is 5.51. The van der Waals surface area contributed by atoms with Gasteiger partial charge in [-0.1, -0.05) is 6.07 Å². The second-order valence-corrected chi connectivity index (χ2v) is 5.12. The lowest BCUT2D eigenvalue weighted by molar-refractivity contribution is 0.0698. The molecule has 7 heteroatoms. The molecule has 0 aliphatic carbocycles. The number of nitrogens with one attached hydrogen (secondary N) is 2. The molecular weight excluding hydrogens is 375 g/mol. The molecule has 0 atom stereocenters. The van der Waals surface area contributed by atoms with Gasteiger partial charge in [0, 0.05) is 9.64 Å². The molecule has 0 fully saturated rings. The zero-order chi connectivity index (χ0) is 14.7. The molecule has 6 nitrogen and oxygen atoms in total. The Morgan fingerprint density at radius 2 is 1.95 bits per heavy atom. The lowest BCUT2D eigenvalue weighted by atomic mass is 10.1. The number of halogens is 1. The Hall–Kier alpha value is -2.16. The molecule has 0 saturated heterocycles. The van der Waals surface area contributed by atoms with Crippen LogP contribution in [0.2, 0.25) is 0 Å². The van der Waals surface area contributed by atoms with Gasteiger partial charge in [-0.15, -0.1) is 0 Å². The van der Waals surface area contributed by atoms with Gasteiger partial charge in [-0.05, 0) is 46.9 Å². The van der Waals surface area contributed by atoms with Crippen LogP contribution < -0.4 is 10.9 Å². The summed E-state index contributed by atoms with van der Waals surface area (Å²) in [5.74, 6) is -1.72. The molecule has 1 aromatic carbocycles. The minimum atomic E-state index is -1.14. The summed E-state index contributed by atoms with van der Waals surface area (Å²) in [6, 6.07) is 8.79. The predicted octanol–water partition coefficient (Wildman–Crippen LogP) is 1.93. The number of amides is 1. The van der Waals surface area contributed by atoms with Crippen LogP contribution in [0.4, 0.5) is 5.69 Å². The molecule has 1 heterocycles. The van der Waals surface area contributed by atoms with Crippen molar-refractivity contribution in [2.75, 3.05) is 5.32 Å². The van der Waals surface area contributed by atoms with Gasteiger partial charge in [0.1, 0.15) is 5.69 Å². The molecule has 1 aromatic heterocycles. The number of aromatic amines is 1. The fourth-order valence-corrected chi connectivity index (χ4v) is 2.06. The first-order chi connectivity index (χ1) is 9.47. The van der Waals surface area contributed by atoms with Crippen LogP contribution >= 0.6 is 22.6 Å². The van der Waals surface area contributed by atoms with Gasteiger partial charge >= 0.3 is 5.97 Å². The number of carboxylic acids is 1. The van der Waals surface area contributed by atoms with Crippen molar-refractivity contribution in [3.05, 3.63) is 61.6 Å². The van der Waals surface area contributed by atoms with E-state index >= 15 is 0 Å². The normalized spacial score (nSPS) is 10.1. The van der Waals surface area contributed by atoms with E-state index in [0.29, 0.717) is 0 Å². The summed E-state index contributed by atoms with van der Waals surface area (Å²) in [6.07, 6.45) is 0. The van der Waals surface area contributed by atoms with Crippen molar-refractivity contribution >= 4 is 40.2 Å². The molecule has 1 amide bonds. The number of carbonyl (C=O) groups is 2. The molecule has 20 heavy (non-hydrogen) atoms. The van der Waals surface area contributed by atoms with Gasteiger partial charge in [-0.25, -0.2) is 4.79 Å². The molecule has 0 radical (unpaired) electrons. The molecule has 3 N–H and O–H groups in total. The largest absolute Gasteiger partial charge is 0.478 e. The standard InChI is InChI=1S/C13H9IN2O4/c14-7-4-5-9(8(6-7)13(19)20)16-12(18)10-2-1-3-11(17)15-10/h1-6H,(H,15,17)(H,16,18)(H,19,20). The van der Waals surface area contributed by atoms with E-state index < -0.39 is 17.4 Å². The molecule has 0 bridgehead atoms.